The maximum atomic E-state index is 13.7. The fourth-order valence-electron chi connectivity index (χ4n) is 4.01. The predicted octanol–water partition coefficient (Wildman–Crippen LogP) is 5.68. The molecule has 0 aliphatic rings. The Morgan fingerprint density at radius 3 is 2.42 bits per heavy atom. The van der Waals surface area contributed by atoms with E-state index in [1.807, 2.05) is 50.2 Å². The molecule has 0 bridgehead atoms. The predicted molar refractivity (Wildman–Crippen MR) is 131 cm³/mol. The van der Waals surface area contributed by atoms with Crippen LogP contribution in [0.15, 0.2) is 76.7 Å². The van der Waals surface area contributed by atoms with E-state index in [1.165, 1.54) is 23.9 Å². The summed E-state index contributed by atoms with van der Waals surface area (Å²) in [5.41, 5.74) is 5.64. The van der Waals surface area contributed by atoms with Crippen molar-refractivity contribution in [1.29, 1.82) is 0 Å². The number of non-ortho nitro benzene ring substituents is 1. The van der Waals surface area contributed by atoms with Crippen molar-refractivity contribution >= 4 is 39.4 Å². The van der Waals surface area contributed by atoms with E-state index in [0.29, 0.717) is 21.9 Å². The minimum atomic E-state index is -0.416. The van der Waals surface area contributed by atoms with Crippen molar-refractivity contribution in [2.75, 3.05) is 0 Å². The molecule has 0 aliphatic heterocycles. The number of hydrogen-bond donors (Lipinski definition) is 1. The van der Waals surface area contributed by atoms with E-state index in [0.717, 1.165) is 33.3 Å². The molecule has 5 aromatic rings. The molecule has 0 atom stereocenters. The summed E-state index contributed by atoms with van der Waals surface area (Å²) in [5, 5.41) is 12.4. The van der Waals surface area contributed by atoms with Gasteiger partial charge in [0.15, 0.2) is 5.16 Å². The molecule has 0 amide bonds. The van der Waals surface area contributed by atoms with Crippen LogP contribution in [0.1, 0.15) is 16.7 Å². The number of thioether (sulfide) groups is 1. The number of nitro benzene ring substituents is 1. The number of para-hydroxylation sites is 1. The van der Waals surface area contributed by atoms with E-state index in [1.54, 1.807) is 16.7 Å². The minimum absolute atomic E-state index is 0.0502. The lowest BCUT2D eigenvalue weighted by Gasteiger charge is -2.13. The molecule has 2 heterocycles. The molecule has 0 unspecified atom stereocenters. The number of H-pyrrole nitrogens is 1. The zero-order valence-corrected chi connectivity index (χ0v) is 18.8. The monoisotopic (exact) mass is 456 g/mol. The summed E-state index contributed by atoms with van der Waals surface area (Å²) in [7, 11) is 0. The average Bonchev–Trinajstić information content (AvgIpc) is 3.16. The lowest BCUT2D eigenvalue weighted by atomic mass is 10.1. The summed E-state index contributed by atoms with van der Waals surface area (Å²) in [4.78, 5) is 32.3. The highest BCUT2D eigenvalue weighted by Crippen LogP contribution is 2.29. The number of nitrogens with zero attached hydrogens (tertiary/aromatic N) is 3. The highest BCUT2D eigenvalue weighted by Gasteiger charge is 2.18. The van der Waals surface area contributed by atoms with Crippen LogP contribution in [-0.2, 0) is 5.75 Å². The Morgan fingerprint density at radius 1 is 1.03 bits per heavy atom. The molecule has 0 saturated heterocycles. The molecule has 0 fully saturated rings. The van der Waals surface area contributed by atoms with E-state index in [4.69, 9.17) is 4.98 Å². The van der Waals surface area contributed by atoms with Gasteiger partial charge in [-0.3, -0.25) is 19.5 Å². The Balaban J connectivity index is 1.66. The van der Waals surface area contributed by atoms with E-state index in [-0.39, 0.29) is 11.2 Å². The topological polar surface area (TPSA) is 93.8 Å². The van der Waals surface area contributed by atoms with E-state index < -0.39 is 4.92 Å². The maximum absolute atomic E-state index is 13.7. The lowest BCUT2D eigenvalue weighted by molar-refractivity contribution is -0.384. The van der Waals surface area contributed by atoms with Crippen molar-refractivity contribution in [3.8, 4) is 5.69 Å². The van der Waals surface area contributed by atoms with E-state index in [2.05, 4.69) is 11.1 Å². The van der Waals surface area contributed by atoms with Crippen LogP contribution in [0.25, 0.3) is 27.6 Å². The van der Waals surface area contributed by atoms with Gasteiger partial charge in [0.1, 0.15) is 11.0 Å². The molecule has 0 saturated carbocycles. The van der Waals surface area contributed by atoms with E-state index >= 15 is 0 Å². The Hall–Kier alpha value is -3.91. The first-order valence-corrected chi connectivity index (χ1v) is 11.4. The van der Waals surface area contributed by atoms with Gasteiger partial charge < -0.3 is 4.98 Å². The van der Waals surface area contributed by atoms with Crippen molar-refractivity contribution in [3.63, 3.8) is 0 Å². The van der Waals surface area contributed by atoms with Gasteiger partial charge in [0.05, 0.1) is 10.6 Å². The van der Waals surface area contributed by atoms with Gasteiger partial charge in [0.2, 0.25) is 0 Å². The van der Waals surface area contributed by atoms with Gasteiger partial charge in [-0.15, -0.1) is 0 Å². The first kappa shape index (κ1) is 21.0. The van der Waals surface area contributed by atoms with Crippen LogP contribution in [0.2, 0.25) is 0 Å². The molecule has 1 N–H and O–H groups in total. The smallest absolute Gasteiger partial charge is 0.283 e. The molecule has 2 aromatic heterocycles. The number of nitrogens with one attached hydrogen (secondary N) is 1. The van der Waals surface area contributed by atoms with Crippen molar-refractivity contribution in [2.24, 2.45) is 0 Å². The quantitative estimate of drug-likeness (QED) is 0.159. The van der Waals surface area contributed by atoms with Crippen LogP contribution >= 0.6 is 11.8 Å². The van der Waals surface area contributed by atoms with Crippen molar-refractivity contribution < 1.29 is 4.92 Å². The zero-order chi connectivity index (χ0) is 23.1. The molecule has 0 aliphatic carbocycles. The summed E-state index contributed by atoms with van der Waals surface area (Å²) in [5.74, 6) is 0.517. The van der Waals surface area contributed by atoms with Crippen LogP contribution in [0.3, 0.4) is 0 Å². The maximum Gasteiger partial charge on any atom is 0.283 e. The fraction of sp³-hybridized carbons (Fsp3) is 0.120. The minimum Gasteiger partial charge on any atom is -0.349 e. The number of fused-ring (bicyclic) bond motifs is 3. The Bertz CT molecular complexity index is 1570. The summed E-state index contributed by atoms with van der Waals surface area (Å²) in [6.07, 6.45) is 0. The second kappa shape index (κ2) is 8.22. The summed E-state index contributed by atoms with van der Waals surface area (Å²) in [6.45, 7) is 4.00. The van der Waals surface area contributed by atoms with Crippen LogP contribution < -0.4 is 5.56 Å². The second-order valence-corrected chi connectivity index (χ2v) is 8.93. The first-order valence-electron chi connectivity index (χ1n) is 10.4. The number of benzene rings is 3. The van der Waals surface area contributed by atoms with Gasteiger partial charge >= 0.3 is 0 Å². The molecule has 7 nitrogen and oxygen atoms in total. The van der Waals surface area contributed by atoms with Crippen LogP contribution in [0.5, 0.6) is 0 Å². The highest BCUT2D eigenvalue weighted by molar-refractivity contribution is 7.98. The molecule has 8 heteroatoms. The normalized spacial score (nSPS) is 11.3. The summed E-state index contributed by atoms with van der Waals surface area (Å²) < 4.78 is 1.65. The molecule has 3 aromatic carbocycles. The number of aryl methyl sites for hydroxylation is 2. The molecule has 5 rings (SSSR count). The third-order valence-electron chi connectivity index (χ3n) is 5.47. The fourth-order valence-corrected chi connectivity index (χ4v) is 4.97. The van der Waals surface area contributed by atoms with Crippen molar-refractivity contribution in [2.45, 2.75) is 24.8 Å². The number of hydrogen-bond acceptors (Lipinski definition) is 5. The summed E-state index contributed by atoms with van der Waals surface area (Å²) >= 11 is 1.43. The number of rotatable bonds is 5. The van der Waals surface area contributed by atoms with Gasteiger partial charge in [-0.25, -0.2) is 4.98 Å². The molecular formula is C25H20N4O3S. The zero-order valence-electron chi connectivity index (χ0n) is 18.0. The Kier molecular flexibility index (Phi) is 5.22. The van der Waals surface area contributed by atoms with Gasteiger partial charge in [0, 0.05) is 28.8 Å². The lowest BCUT2D eigenvalue weighted by Crippen LogP contribution is -2.22. The standard InChI is InChI=1S/C25H20N4O3S/c1-15-11-16(2)13-19(12-15)28-24(30)23-22(20-5-3-4-6-21(20)26-23)27-25(28)33-14-17-7-9-18(10-8-17)29(31)32/h3-13,26H,14H2,1-2H3. The van der Waals surface area contributed by atoms with Crippen LogP contribution in [0, 0.1) is 24.0 Å². The van der Waals surface area contributed by atoms with Gasteiger partial charge in [0.25, 0.3) is 11.2 Å². The summed E-state index contributed by atoms with van der Waals surface area (Å²) in [6, 6.07) is 20.2. The van der Waals surface area contributed by atoms with Crippen molar-refractivity contribution in [3.05, 3.63) is 104 Å². The highest BCUT2D eigenvalue weighted by atomic mass is 32.2. The third-order valence-corrected chi connectivity index (χ3v) is 6.48. The molecular weight excluding hydrogens is 436 g/mol. The van der Waals surface area contributed by atoms with Gasteiger partial charge in [-0.05, 0) is 48.7 Å². The number of nitro groups is 1. The Labute approximate surface area is 193 Å². The molecule has 164 valence electrons. The SMILES string of the molecule is Cc1cc(C)cc(-n2c(SCc3ccc([N+](=O)[O-])cc3)nc3c([nH]c4ccccc43)c2=O)c1. The van der Waals surface area contributed by atoms with Crippen LogP contribution in [-0.4, -0.2) is 19.5 Å². The van der Waals surface area contributed by atoms with E-state index in [9.17, 15) is 14.9 Å². The van der Waals surface area contributed by atoms with Gasteiger partial charge in [-0.1, -0.05) is 48.2 Å². The number of aromatic amines is 1. The first-order chi connectivity index (χ1) is 15.9. The number of aromatic nitrogens is 3. The van der Waals surface area contributed by atoms with Crippen LogP contribution in [0.4, 0.5) is 5.69 Å². The Morgan fingerprint density at radius 2 is 1.73 bits per heavy atom. The average molecular weight is 457 g/mol. The van der Waals surface area contributed by atoms with Gasteiger partial charge in [-0.2, -0.15) is 0 Å². The molecule has 0 radical (unpaired) electrons. The van der Waals surface area contributed by atoms with Crippen molar-refractivity contribution in [1.82, 2.24) is 14.5 Å². The molecule has 33 heavy (non-hydrogen) atoms. The third kappa shape index (κ3) is 3.89. The largest absolute Gasteiger partial charge is 0.349 e. The second-order valence-electron chi connectivity index (χ2n) is 7.99. The molecule has 0 spiro atoms.